The van der Waals surface area contributed by atoms with Crippen molar-refractivity contribution in [2.75, 3.05) is 0 Å². The van der Waals surface area contributed by atoms with Gasteiger partial charge in [0.05, 0.1) is 23.3 Å². The fourth-order valence-electron chi connectivity index (χ4n) is 0.693. The predicted molar refractivity (Wildman–Crippen MR) is 34.0 cm³/mol. The number of nitrogens with zero attached hydrogens (tertiary/aromatic N) is 4. The molecular weight excluding hydrogens is 128 g/mol. The summed E-state index contributed by atoms with van der Waals surface area (Å²) in [5.41, 5.74) is 0.769. The third kappa shape index (κ3) is 0.699. The van der Waals surface area contributed by atoms with E-state index >= 15 is 0 Å². The van der Waals surface area contributed by atoms with E-state index in [1.54, 1.807) is 12.4 Å². The highest BCUT2D eigenvalue weighted by Gasteiger charge is 1.90. The molecule has 0 N–H and O–H groups in total. The maximum absolute atomic E-state index is 3.94. The first-order valence-electron chi connectivity index (χ1n) is 2.76. The van der Waals surface area contributed by atoms with Crippen LogP contribution in [0.25, 0.3) is 10.9 Å². The molecule has 10 heavy (non-hydrogen) atoms. The van der Waals surface area contributed by atoms with Crippen molar-refractivity contribution in [3.8, 4) is 0 Å². The van der Waals surface area contributed by atoms with Crippen LogP contribution in [0.1, 0.15) is 0 Å². The lowest BCUT2D eigenvalue weighted by molar-refractivity contribution is 1.04. The van der Waals surface area contributed by atoms with Crippen molar-refractivity contribution in [3.05, 3.63) is 24.9 Å². The Kier molecular flexibility index (Phi) is 1.04. The van der Waals surface area contributed by atoms with Crippen molar-refractivity contribution in [2.45, 2.75) is 0 Å². The van der Waals surface area contributed by atoms with Gasteiger partial charge in [-0.3, -0.25) is 0 Å². The lowest BCUT2D eigenvalue weighted by Gasteiger charge is -1.88. The minimum Gasteiger partial charge on any atom is -0.235 e. The largest absolute Gasteiger partial charge is 0.235 e. The van der Waals surface area contributed by atoms with Gasteiger partial charge in [0.2, 0.25) is 0 Å². The van der Waals surface area contributed by atoms with E-state index in [0.717, 1.165) is 10.9 Å². The number of hydrogen-bond donors (Lipinski definition) is 0. The van der Waals surface area contributed by atoms with Crippen LogP contribution in [0.3, 0.4) is 0 Å². The van der Waals surface area contributed by atoms with Crippen LogP contribution in [0.5, 0.6) is 0 Å². The molecule has 0 saturated heterocycles. The Hall–Kier alpha value is -1.58. The molecule has 2 aromatic heterocycles. The number of rotatable bonds is 0. The first-order chi connectivity index (χ1) is 4.97. The van der Waals surface area contributed by atoms with Gasteiger partial charge in [-0.2, -0.15) is 10.2 Å². The highest BCUT2D eigenvalue weighted by Crippen LogP contribution is 2.01. The average molecular weight is 131 g/mol. The van der Waals surface area contributed by atoms with E-state index < -0.39 is 0 Å². The molecule has 0 bridgehead atoms. The van der Waals surface area contributed by atoms with E-state index in [1.165, 1.54) is 6.33 Å². The number of hydrogen-bond acceptors (Lipinski definition) is 4. The molecule has 4 heteroatoms. The third-order valence-electron chi connectivity index (χ3n) is 1.15. The smallest absolute Gasteiger partial charge is 0.116 e. The summed E-state index contributed by atoms with van der Waals surface area (Å²) >= 11 is 0. The van der Waals surface area contributed by atoms with E-state index in [2.05, 4.69) is 26.4 Å². The SMILES string of the molecule is [c]1ncnc2cnncc12. The molecule has 0 aliphatic heterocycles. The highest BCUT2D eigenvalue weighted by atomic mass is 15.1. The van der Waals surface area contributed by atoms with Gasteiger partial charge in [0.15, 0.2) is 0 Å². The molecule has 0 aliphatic rings. The molecule has 47 valence electrons. The van der Waals surface area contributed by atoms with Crippen molar-refractivity contribution in [1.29, 1.82) is 0 Å². The van der Waals surface area contributed by atoms with Crippen LogP contribution in [-0.4, -0.2) is 20.2 Å². The molecule has 2 heterocycles. The van der Waals surface area contributed by atoms with Crippen LogP contribution >= 0.6 is 0 Å². The topological polar surface area (TPSA) is 51.6 Å². The van der Waals surface area contributed by atoms with Crippen LogP contribution in [0.4, 0.5) is 0 Å². The maximum Gasteiger partial charge on any atom is 0.116 e. The second-order valence-electron chi connectivity index (χ2n) is 1.77. The summed E-state index contributed by atoms with van der Waals surface area (Å²) in [4.78, 5) is 7.65. The van der Waals surface area contributed by atoms with Crippen molar-refractivity contribution in [1.82, 2.24) is 20.2 Å². The normalized spacial score (nSPS) is 10.0. The predicted octanol–water partition coefficient (Wildman–Crippen LogP) is 0.220. The van der Waals surface area contributed by atoms with Gasteiger partial charge in [0.25, 0.3) is 0 Å². The van der Waals surface area contributed by atoms with Gasteiger partial charge < -0.3 is 0 Å². The Morgan fingerprint density at radius 1 is 1.20 bits per heavy atom. The summed E-state index contributed by atoms with van der Waals surface area (Å²) in [6, 6.07) is 0. The molecule has 0 unspecified atom stereocenters. The minimum atomic E-state index is 0.769. The lowest BCUT2D eigenvalue weighted by Crippen LogP contribution is -1.84. The molecule has 0 amide bonds. The maximum atomic E-state index is 3.94. The van der Waals surface area contributed by atoms with Crippen LogP contribution in [0.2, 0.25) is 0 Å². The van der Waals surface area contributed by atoms with Gasteiger partial charge in [-0.15, -0.1) is 0 Å². The summed E-state index contributed by atoms with van der Waals surface area (Å²) in [6.07, 6.45) is 7.33. The van der Waals surface area contributed by atoms with Crippen LogP contribution in [0, 0.1) is 6.20 Å². The number of fused-ring (bicyclic) bond motifs is 1. The van der Waals surface area contributed by atoms with E-state index in [1.807, 2.05) is 0 Å². The molecule has 2 rings (SSSR count). The highest BCUT2D eigenvalue weighted by molar-refractivity contribution is 5.73. The molecule has 0 aromatic carbocycles. The van der Waals surface area contributed by atoms with E-state index in [9.17, 15) is 0 Å². The molecule has 0 atom stereocenters. The molecule has 1 radical (unpaired) electrons. The molecular formula is C6H3N4. The van der Waals surface area contributed by atoms with Gasteiger partial charge in [-0.1, -0.05) is 0 Å². The second-order valence-corrected chi connectivity index (χ2v) is 1.77. The molecule has 0 aliphatic carbocycles. The Morgan fingerprint density at radius 3 is 3.00 bits per heavy atom. The van der Waals surface area contributed by atoms with Crippen LogP contribution in [0.15, 0.2) is 18.7 Å². The molecule has 0 saturated carbocycles. The molecule has 4 nitrogen and oxygen atoms in total. The Bertz CT molecular complexity index is 281. The van der Waals surface area contributed by atoms with Gasteiger partial charge in [0, 0.05) is 0 Å². The molecule has 0 spiro atoms. The first kappa shape index (κ1) is 5.22. The first-order valence-corrected chi connectivity index (χ1v) is 2.76. The van der Waals surface area contributed by atoms with Crippen LogP contribution in [-0.2, 0) is 0 Å². The van der Waals surface area contributed by atoms with Gasteiger partial charge in [-0.25, -0.2) is 9.97 Å². The average Bonchev–Trinajstić information content (AvgIpc) is 2.05. The summed E-state index contributed by atoms with van der Waals surface area (Å²) in [5, 5.41) is 8.09. The number of aromatic nitrogens is 4. The molecule has 2 aromatic rings. The summed E-state index contributed by atoms with van der Waals surface area (Å²) in [6.45, 7) is 0. The Balaban J connectivity index is 2.89. The molecule has 0 fully saturated rings. The van der Waals surface area contributed by atoms with Gasteiger partial charge in [-0.05, 0) is 0 Å². The summed E-state index contributed by atoms with van der Waals surface area (Å²) < 4.78 is 0. The summed E-state index contributed by atoms with van der Waals surface area (Å²) in [5.74, 6) is 0. The summed E-state index contributed by atoms with van der Waals surface area (Å²) in [7, 11) is 0. The zero-order valence-corrected chi connectivity index (χ0v) is 5.02. The van der Waals surface area contributed by atoms with Crippen LogP contribution < -0.4 is 0 Å². The fraction of sp³-hybridized carbons (Fsp3) is 0. The van der Waals surface area contributed by atoms with E-state index in [0.29, 0.717) is 0 Å². The van der Waals surface area contributed by atoms with Gasteiger partial charge in [0.1, 0.15) is 12.5 Å². The van der Waals surface area contributed by atoms with Crippen molar-refractivity contribution < 1.29 is 0 Å². The monoisotopic (exact) mass is 131 g/mol. The zero-order chi connectivity index (χ0) is 6.81. The standard InChI is InChI=1S/C6H3N4/c1-5-2-9-10-3-6(5)8-4-7-1/h2-4H. The van der Waals surface area contributed by atoms with Gasteiger partial charge >= 0.3 is 0 Å². The quantitative estimate of drug-likeness (QED) is 0.513. The second kappa shape index (κ2) is 1.98. The van der Waals surface area contributed by atoms with Crippen molar-refractivity contribution in [2.24, 2.45) is 0 Å². The third-order valence-corrected chi connectivity index (χ3v) is 1.15. The van der Waals surface area contributed by atoms with Crippen molar-refractivity contribution in [3.63, 3.8) is 0 Å². The zero-order valence-electron chi connectivity index (χ0n) is 5.02. The van der Waals surface area contributed by atoms with E-state index in [4.69, 9.17) is 0 Å². The Labute approximate surface area is 57.0 Å². The fourth-order valence-corrected chi connectivity index (χ4v) is 0.693. The minimum absolute atomic E-state index is 0.769. The van der Waals surface area contributed by atoms with E-state index in [-0.39, 0.29) is 0 Å². The Morgan fingerprint density at radius 2 is 2.10 bits per heavy atom. The lowest BCUT2D eigenvalue weighted by atomic mass is 10.4. The van der Waals surface area contributed by atoms with Crippen molar-refractivity contribution >= 4 is 10.9 Å².